The van der Waals surface area contributed by atoms with Gasteiger partial charge in [0, 0.05) is 37.6 Å². The van der Waals surface area contributed by atoms with Crippen LogP contribution in [-0.2, 0) is 19.0 Å². The maximum atomic E-state index is 5.84. The molecule has 2 aromatic heterocycles. The number of rotatable bonds is 2. The van der Waals surface area contributed by atoms with E-state index in [0.29, 0.717) is 5.88 Å². The molecule has 0 spiro atoms. The zero-order chi connectivity index (χ0) is 11.7. The van der Waals surface area contributed by atoms with Gasteiger partial charge in [0.2, 0.25) is 0 Å². The fourth-order valence-electron chi connectivity index (χ4n) is 2.09. The summed E-state index contributed by atoms with van der Waals surface area (Å²) in [6.07, 6.45) is 5.69. The Bertz CT molecular complexity index is 523. The second-order valence-electron chi connectivity index (χ2n) is 4.11. The number of pyridine rings is 1. The molecule has 0 saturated carbocycles. The maximum Gasteiger partial charge on any atom is 0.129 e. The third-order valence-electron chi connectivity index (χ3n) is 3.03. The fraction of sp³-hybridized carbons (Fsp3) is 0.333. The molecular weight excluding hydrogens is 236 g/mol. The molecule has 17 heavy (non-hydrogen) atoms. The van der Waals surface area contributed by atoms with Crippen LogP contribution in [0.15, 0.2) is 30.7 Å². The molecule has 0 amide bonds. The maximum absolute atomic E-state index is 5.84. The molecule has 88 valence electrons. The van der Waals surface area contributed by atoms with Crippen molar-refractivity contribution in [3.8, 4) is 0 Å². The van der Waals surface area contributed by atoms with Crippen molar-refractivity contribution in [2.24, 2.45) is 0 Å². The number of anilines is 1. The van der Waals surface area contributed by atoms with Gasteiger partial charge in [-0.15, -0.1) is 11.6 Å². The summed E-state index contributed by atoms with van der Waals surface area (Å²) in [5, 5.41) is 0. The number of alkyl halides is 1. The molecule has 5 heteroatoms. The van der Waals surface area contributed by atoms with Crippen molar-refractivity contribution in [2.45, 2.75) is 19.0 Å². The van der Waals surface area contributed by atoms with Gasteiger partial charge in [-0.25, -0.2) is 9.97 Å². The number of aromatic nitrogens is 3. The lowest BCUT2D eigenvalue weighted by molar-refractivity contribution is 0.556. The molecule has 0 radical (unpaired) electrons. The van der Waals surface area contributed by atoms with Crippen LogP contribution in [0.25, 0.3) is 0 Å². The molecule has 3 heterocycles. The van der Waals surface area contributed by atoms with Gasteiger partial charge in [-0.05, 0) is 17.7 Å². The summed E-state index contributed by atoms with van der Waals surface area (Å²) in [4.78, 5) is 11.0. The average molecular weight is 249 g/mol. The molecular formula is C12H13ClN4. The van der Waals surface area contributed by atoms with Gasteiger partial charge in [-0.3, -0.25) is 0 Å². The first-order valence-corrected chi connectivity index (χ1v) is 6.16. The lowest BCUT2D eigenvalue weighted by Gasteiger charge is -2.28. The van der Waals surface area contributed by atoms with E-state index in [4.69, 9.17) is 11.6 Å². The Morgan fingerprint density at radius 1 is 1.24 bits per heavy atom. The highest BCUT2D eigenvalue weighted by atomic mass is 35.5. The SMILES string of the molecule is ClCc1ccnc(N2CCn3ccnc3C2)c1. The van der Waals surface area contributed by atoms with Crippen molar-refractivity contribution < 1.29 is 0 Å². The summed E-state index contributed by atoms with van der Waals surface area (Å²) < 4.78 is 2.18. The van der Waals surface area contributed by atoms with Gasteiger partial charge in [0.1, 0.15) is 11.6 Å². The topological polar surface area (TPSA) is 34.0 Å². The van der Waals surface area contributed by atoms with Crippen molar-refractivity contribution in [1.82, 2.24) is 14.5 Å². The number of fused-ring (bicyclic) bond motifs is 1. The molecule has 0 N–H and O–H groups in total. The van der Waals surface area contributed by atoms with Gasteiger partial charge >= 0.3 is 0 Å². The number of halogens is 1. The minimum Gasteiger partial charge on any atom is -0.347 e. The highest BCUT2D eigenvalue weighted by Gasteiger charge is 2.17. The molecule has 4 nitrogen and oxygen atoms in total. The number of imidazole rings is 1. The van der Waals surface area contributed by atoms with Crippen molar-refractivity contribution >= 4 is 17.4 Å². The number of hydrogen-bond donors (Lipinski definition) is 0. The van der Waals surface area contributed by atoms with Crippen molar-refractivity contribution in [3.63, 3.8) is 0 Å². The fourth-order valence-corrected chi connectivity index (χ4v) is 2.25. The molecule has 3 rings (SSSR count). The van der Waals surface area contributed by atoms with Gasteiger partial charge in [-0.2, -0.15) is 0 Å². The van der Waals surface area contributed by atoms with Crippen LogP contribution in [-0.4, -0.2) is 21.1 Å². The quantitative estimate of drug-likeness (QED) is 0.763. The Hall–Kier alpha value is -1.55. The van der Waals surface area contributed by atoms with Gasteiger partial charge in [0.05, 0.1) is 6.54 Å². The number of hydrogen-bond acceptors (Lipinski definition) is 3. The third-order valence-corrected chi connectivity index (χ3v) is 3.34. The molecule has 0 saturated heterocycles. The molecule has 0 aliphatic carbocycles. The Morgan fingerprint density at radius 3 is 3.06 bits per heavy atom. The number of nitrogens with zero attached hydrogens (tertiary/aromatic N) is 4. The van der Waals surface area contributed by atoms with Crippen molar-refractivity contribution in [2.75, 3.05) is 11.4 Å². The summed E-state index contributed by atoms with van der Waals surface area (Å²) in [6.45, 7) is 2.73. The smallest absolute Gasteiger partial charge is 0.129 e. The Morgan fingerprint density at radius 2 is 2.18 bits per heavy atom. The predicted molar refractivity (Wildman–Crippen MR) is 67.1 cm³/mol. The van der Waals surface area contributed by atoms with Gasteiger partial charge in [-0.1, -0.05) is 0 Å². The molecule has 0 atom stereocenters. The molecule has 1 aliphatic heterocycles. The van der Waals surface area contributed by atoms with Crippen LogP contribution in [0, 0.1) is 0 Å². The molecule has 0 unspecified atom stereocenters. The Labute approximate surface area is 105 Å². The van der Waals surface area contributed by atoms with E-state index in [9.17, 15) is 0 Å². The normalized spacial score (nSPS) is 14.8. The molecule has 0 aromatic carbocycles. The zero-order valence-corrected chi connectivity index (χ0v) is 10.1. The molecule has 1 aliphatic rings. The monoisotopic (exact) mass is 248 g/mol. The van der Waals surface area contributed by atoms with Crippen LogP contribution < -0.4 is 4.90 Å². The summed E-state index contributed by atoms with van der Waals surface area (Å²) in [5.74, 6) is 2.60. The molecule has 0 bridgehead atoms. The van der Waals surface area contributed by atoms with E-state index >= 15 is 0 Å². The first kappa shape index (κ1) is 10.6. The second kappa shape index (κ2) is 4.37. The van der Waals surface area contributed by atoms with Crippen LogP contribution in [0.2, 0.25) is 0 Å². The molecule has 0 fully saturated rings. The van der Waals surface area contributed by atoms with Crippen LogP contribution in [0.1, 0.15) is 11.4 Å². The van der Waals surface area contributed by atoms with E-state index < -0.39 is 0 Å². The van der Waals surface area contributed by atoms with Crippen molar-refractivity contribution in [1.29, 1.82) is 0 Å². The largest absolute Gasteiger partial charge is 0.347 e. The summed E-state index contributed by atoms with van der Waals surface area (Å²) in [7, 11) is 0. The van der Waals surface area contributed by atoms with Crippen LogP contribution >= 0.6 is 11.6 Å². The Balaban J connectivity index is 1.86. The van der Waals surface area contributed by atoms with Crippen molar-refractivity contribution in [3.05, 3.63) is 42.1 Å². The van der Waals surface area contributed by atoms with Crippen LogP contribution in [0.3, 0.4) is 0 Å². The van der Waals surface area contributed by atoms with E-state index in [-0.39, 0.29) is 0 Å². The predicted octanol–water partition coefficient (Wildman–Crippen LogP) is 2.04. The zero-order valence-electron chi connectivity index (χ0n) is 9.38. The lowest BCUT2D eigenvalue weighted by atomic mass is 10.2. The first-order valence-electron chi connectivity index (χ1n) is 5.62. The van der Waals surface area contributed by atoms with Gasteiger partial charge in [0.15, 0.2) is 0 Å². The second-order valence-corrected chi connectivity index (χ2v) is 4.38. The minimum absolute atomic E-state index is 0.526. The standard InChI is InChI=1S/C12H13ClN4/c13-8-10-1-2-14-11(7-10)17-6-5-16-4-3-15-12(16)9-17/h1-4,7H,5-6,8-9H2. The lowest BCUT2D eigenvalue weighted by Crippen LogP contribution is -2.34. The van der Waals surface area contributed by atoms with Gasteiger partial charge < -0.3 is 9.47 Å². The summed E-state index contributed by atoms with van der Waals surface area (Å²) >= 11 is 5.84. The molecule has 2 aromatic rings. The van der Waals surface area contributed by atoms with Crippen LogP contribution in [0.5, 0.6) is 0 Å². The third kappa shape index (κ3) is 2.00. The van der Waals surface area contributed by atoms with E-state index in [1.807, 2.05) is 30.7 Å². The highest BCUT2D eigenvalue weighted by Crippen LogP contribution is 2.19. The average Bonchev–Trinajstić information content (AvgIpc) is 2.86. The van der Waals surface area contributed by atoms with E-state index in [1.54, 1.807) is 0 Å². The van der Waals surface area contributed by atoms with E-state index in [2.05, 4.69) is 19.4 Å². The van der Waals surface area contributed by atoms with Crippen LogP contribution in [0.4, 0.5) is 5.82 Å². The minimum atomic E-state index is 0.526. The summed E-state index contributed by atoms with van der Waals surface area (Å²) in [5.41, 5.74) is 1.10. The summed E-state index contributed by atoms with van der Waals surface area (Å²) in [6, 6.07) is 3.99. The van der Waals surface area contributed by atoms with E-state index in [1.165, 1.54) is 0 Å². The highest BCUT2D eigenvalue weighted by molar-refractivity contribution is 6.17. The first-order chi connectivity index (χ1) is 8.36. The van der Waals surface area contributed by atoms with E-state index in [0.717, 1.165) is 36.8 Å². The van der Waals surface area contributed by atoms with Gasteiger partial charge in [0.25, 0.3) is 0 Å². The Kier molecular flexibility index (Phi) is 2.73.